The summed E-state index contributed by atoms with van der Waals surface area (Å²) in [6, 6.07) is 7.78. The number of carboxylic acid groups (broad SMARTS) is 1. The third-order valence-corrected chi connectivity index (χ3v) is 6.04. The highest BCUT2D eigenvalue weighted by Gasteiger charge is 2.47. The molecule has 2 rings (SSSR count). The standard InChI is InChI=1S/C24H39N3O4/c1-15(2)10-9-11-17(5)27-22(16(3)4)26-20(23(27)29)21(28)19(25-24(30)31)14-18-12-7-6-8-13-18/h6-8,12-13,15-17,19-22,25-26,28H,9-11,14H2,1-5H3,(H,30,31)/t17-,19+,20+,21-,22?/m1/s1. The molecule has 7 heteroatoms. The number of nitrogens with zero attached hydrogens (tertiary/aromatic N) is 1. The SMILES string of the molecule is CC(C)CCC[C@@H](C)N1C(=O)[C@H]([C@H](O)[C@H](Cc2ccccc2)NC(=O)O)NC1C(C)C. The zero-order valence-electron chi connectivity index (χ0n) is 19.4. The van der Waals surface area contributed by atoms with Crippen molar-refractivity contribution in [3.05, 3.63) is 35.9 Å². The van der Waals surface area contributed by atoms with Gasteiger partial charge in [0.05, 0.1) is 18.3 Å². The first-order valence-electron chi connectivity index (χ1n) is 11.4. The summed E-state index contributed by atoms with van der Waals surface area (Å²) in [5.41, 5.74) is 0.894. The van der Waals surface area contributed by atoms with Crippen molar-refractivity contribution in [2.75, 3.05) is 0 Å². The minimum Gasteiger partial charge on any atom is -0.465 e. The zero-order valence-corrected chi connectivity index (χ0v) is 19.4. The van der Waals surface area contributed by atoms with Crippen LogP contribution in [0.3, 0.4) is 0 Å². The lowest BCUT2D eigenvalue weighted by atomic mass is 9.96. The first kappa shape index (κ1) is 25.1. The molecule has 31 heavy (non-hydrogen) atoms. The van der Waals surface area contributed by atoms with Crippen LogP contribution < -0.4 is 10.6 Å². The molecule has 0 aromatic heterocycles. The summed E-state index contributed by atoms with van der Waals surface area (Å²) in [5.74, 6) is 0.623. The maximum atomic E-state index is 13.4. The minimum absolute atomic E-state index is 0.0448. The third-order valence-electron chi connectivity index (χ3n) is 6.04. The van der Waals surface area contributed by atoms with Gasteiger partial charge in [-0.05, 0) is 37.2 Å². The average Bonchev–Trinajstić information content (AvgIpc) is 3.04. The van der Waals surface area contributed by atoms with Gasteiger partial charge in [-0.15, -0.1) is 0 Å². The van der Waals surface area contributed by atoms with Gasteiger partial charge in [-0.2, -0.15) is 0 Å². The van der Waals surface area contributed by atoms with Crippen molar-refractivity contribution < 1.29 is 19.8 Å². The Kier molecular flexibility index (Phi) is 9.32. The van der Waals surface area contributed by atoms with Gasteiger partial charge < -0.3 is 20.4 Å². The highest BCUT2D eigenvalue weighted by molar-refractivity contribution is 5.85. The minimum atomic E-state index is -1.22. The fourth-order valence-electron chi connectivity index (χ4n) is 4.36. The molecule has 0 saturated carbocycles. The molecular weight excluding hydrogens is 394 g/mol. The summed E-state index contributed by atoms with van der Waals surface area (Å²) >= 11 is 0. The molecule has 1 aromatic carbocycles. The van der Waals surface area contributed by atoms with E-state index in [4.69, 9.17) is 0 Å². The predicted molar refractivity (Wildman–Crippen MR) is 122 cm³/mol. The van der Waals surface area contributed by atoms with Gasteiger partial charge >= 0.3 is 6.09 Å². The molecule has 0 spiro atoms. The molecule has 7 nitrogen and oxygen atoms in total. The molecule has 1 unspecified atom stereocenters. The summed E-state index contributed by atoms with van der Waals surface area (Å²) in [7, 11) is 0. The Hall–Kier alpha value is -2.12. The first-order valence-corrected chi connectivity index (χ1v) is 11.4. The lowest BCUT2D eigenvalue weighted by molar-refractivity contribution is -0.134. The lowest BCUT2D eigenvalue weighted by Crippen LogP contribution is -2.55. The Morgan fingerprint density at radius 3 is 2.32 bits per heavy atom. The molecule has 0 bridgehead atoms. The van der Waals surface area contributed by atoms with Crippen molar-refractivity contribution in [3.63, 3.8) is 0 Å². The van der Waals surface area contributed by atoms with Crippen molar-refractivity contribution in [1.82, 2.24) is 15.5 Å². The highest BCUT2D eigenvalue weighted by atomic mass is 16.4. The Labute approximate surface area is 186 Å². The molecule has 1 aliphatic heterocycles. The van der Waals surface area contributed by atoms with Crippen LogP contribution in [-0.4, -0.2) is 57.5 Å². The van der Waals surface area contributed by atoms with Gasteiger partial charge in [0.1, 0.15) is 6.04 Å². The van der Waals surface area contributed by atoms with Crippen molar-refractivity contribution >= 4 is 12.0 Å². The van der Waals surface area contributed by atoms with E-state index in [0.717, 1.165) is 24.8 Å². The van der Waals surface area contributed by atoms with Crippen LogP contribution in [0.15, 0.2) is 30.3 Å². The normalized spacial score (nSPS) is 22.1. The number of aliphatic hydroxyl groups excluding tert-OH is 1. The maximum Gasteiger partial charge on any atom is 0.404 e. The summed E-state index contributed by atoms with van der Waals surface area (Å²) in [4.78, 5) is 26.6. The number of aliphatic hydroxyl groups is 1. The van der Waals surface area contributed by atoms with Crippen molar-refractivity contribution in [3.8, 4) is 0 Å². The lowest BCUT2D eigenvalue weighted by Gasteiger charge is -2.33. The molecular formula is C24H39N3O4. The monoisotopic (exact) mass is 433 g/mol. The molecule has 1 aliphatic rings. The van der Waals surface area contributed by atoms with Crippen LogP contribution >= 0.6 is 0 Å². The van der Waals surface area contributed by atoms with Gasteiger partial charge in [-0.3, -0.25) is 10.1 Å². The van der Waals surface area contributed by atoms with Crippen molar-refractivity contribution in [2.24, 2.45) is 11.8 Å². The molecule has 1 heterocycles. The highest BCUT2D eigenvalue weighted by Crippen LogP contribution is 2.26. The number of rotatable bonds is 11. The fraction of sp³-hybridized carbons (Fsp3) is 0.667. The zero-order chi connectivity index (χ0) is 23.1. The van der Waals surface area contributed by atoms with Gasteiger partial charge in [-0.25, -0.2) is 4.79 Å². The summed E-state index contributed by atoms with van der Waals surface area (Å²) in [5, 5.41) is 26.1. The molecule has 1 fully saturated rings. The number of carbonyl (C=O) groups excluding carboxylic acids is 1. The van der Waals surface area contributed by atoms with Gasteiger partial charge in [0, 0.05) is 6.04 Å². The van der Waals surface area contributed by atoms with E-state index in [1.165, 1.54) is 0 Å². The second-order valence-electron chi connectivity index (χ2n) is 9.49. The molecule has 0 radical (unpaired) electrons. The van der Waals surface area contributed by atoms with Gasteiger partial charge in [0.2, 0.25) is 5.91 Å². The number of benzene rings is 1. The number of carbonyl (C=O) groups is 2. The van der Waals surface area contributed by atoms with Crippen LogP contribution in [0.2, 0.25) is 0 Å². The molecule has 2 amide bonds. The van der Waals surface area contributed by atoms with Gasteiger partial charge in [0.25, 0.3) is 0 Å². The predicted octanol–water partition coefficient (Wildman–Crippen LogP) is 3.22. The summed E-state index contributed by atoms with van der Waals surface area (Å²) in [6.45, 7) is 10.5. The number of hydrogen-bond acceptors (Lipinski definition) is 4. The fourth-order valence-corrected chi connectivity index (χ4v) is 4.36. The Bertz CT molecular complexity index is 710. The van der Waals surface area contributed by atoms with Gasteiger partial charge in [-0.1, -0.05) is 70.9 Å². The second kappa shape index (κ2) is 11.5. The van der Waals surface area contributed by atoms with E-state index in [1.54, 1.807) is 0 Å². The third kappa shape index (κ3) is 6.94. The van der Waals surface area contributed by atoms with Crippen LogP contribution in [0, 0.1) is 11.8 Å². The molecule has 1 saturated heterocycles. The Morgan fingerprint density at radius 2 is 1.77 bits per heavy atom. The van der Waals surface area contributed by atoms with Crippen LogP contribution in [0.5, 0.6) is 0 Å². The van der Waals surface area contributed by atoms with E-state index >= 15 is 0 Å². The van der Waals surface area contributed by atoms with E-state index in [2.05, 4.69) is 31.4 Å². The van der Waals surface area contributed by atoms with Crippen LogP contribution in [0.4, 0.5) is 4.79 Å². The van der Waals surface area contributed by atoms with E-state index < -0.39 is 24.3 Å². The Balaban J connectivity index is 2.17. The van der Waals surface area contributed by atoms with Crippen LogP contribution in [-0.2, 0) is 11.2 Å². The van der Waals surface area contributed by atoms with E-state index in [0.29, 0.717) is 12.3 Å². The second-order valence-corrected chi connectivity index (χ2v) is 9.49. The largest absolute Gasteiger partial charge is 0.465 e. The molecule has 0 aliphatic carbocycles. The van der Waals surface area contributed by atoms with Crippen LogP contribution in [0.1, 0.15) is 59.4 Å². The topological polar surface area (TPSA) is 102 Å². The average molecular weight is 434 g/mol. The molecule has 4 N–H and O–H groups in total. The van der Waals surface area contributed by atoms with E-state index in [9.17, 15) is 19.8 Å². The summed E-state index contributed by atoms with van der Waals surface area (Å²) < 4.78 is 0. The van der Waals surface area contributed by atoms with Gasteiger partial charge in [0.15, 0.2) is 0 Å². The Morgan fingerprint density at radius 1 is 1.13 bits per heavy atom. The number of hydrogen-bond donors (Lipinski definition) is 4. The smallest absolute Gasteiger partial charge is 0.404 e. The quantitative estimate of drug-likeness (QED) is 0.429. The molecule has 174 valence electrons. The summed E-state index contributed by atoms with van der Waals surface area (Å²) in [6.07, 6.45) is 0.762. The van der Waals surface area contributed by atoms with E-state index in [1.807, 2.05) is 49.1 Å². The van der Waals surface area contributed by atoms with Crippen molar-refractivity contribution in [1.29, 1.82) is 0 Å². The van der Waals surface area contributed by atoms with E-state index in [-0.39, 0.29) is 24.0 Å². The van der Waals surface area contributed by atoms with Crippen LogP contribution in [0.25, 0.3) is 0 Å². The van der Waals surface area contributed by atoms with Crippen molar-refractivity contribution in [2.45, 2.75) is 90.7 Å². The molecule has 5 atom stereocenters. The maximum absolute atomic E-state index is 13.4. The number of amides is 2. The molecule has 1 aromatic rings. The number of nitrogens with one attached hydrogen (secondary N) is 2. The first-order chi connectivity index (χ1) is 14.6.